The van der Waals surface area contributed by atoms with Gasteiger partial charge >= 0.3 is 71.4 Å². The van der Waals surface area contributed by atoms with E-state index in [-0.39, 0.29) is 0 Å². The second-order valence-corrected chi connectivity index (χ2v) is 12.3. The fourth-order valence-electron chi connectivity index (χ4n) is 0.353. The topological polar surface area (TPSA) is 18.5 Å². The van der Waals surface area contributed by atoms with Crippen LogP contribution >= 0.6 is 4.65 Å². The Labute approximate surface area is 71.5 Å². The quantitative estimate of drug-likeness (QED) is 0.566. The molecule has 5 heteroatoms. The van der Waals surface area contributed by atoms with Gasteiger partial charge in [-0.25, -0.2) is 0 Å². The van der Waals surface area contributed by atoms with Crippen LogP contribution in [0.2, 0.25) is 0 Å². The average molecular weight is 279 g/mol. The van der Waals surface area contributed by atoms with Crippen LogP contribution in [0.4, 0.5) is 0 Å². The van der Waals surface area contributed by atoms with Crippen LogP contribution in [-0.4, -0.2) is 43.9 Å². The van der Waals surface area contributed by atoms with Crippen molar-refractivity contribution in [2.45, 2.75) is 13.8 Å². The van der Waals surface area contributed by atoms with Gasteiger partial charge in [-0.1, -0.05) is 0 Å². The molecule has 0 aromatic rings. The van der Waals surface area contributed by atoms with Crippen LogP contribution in [0.5, 0.6) is 0 Å². The van der Waals surface area contributed by atoms with Gasteiger partial charge in [0.25, 0.3) is 0 Å². The third-order valence-corrected chi connectivity index (χ3v) is 4.38. The molecule has 2 nitrogen and oxygen atoms in total. The van der Waals surface area contributed by atoms with Crippen molar-refractivity contribution in [2.24, 2.45) is 0 Å². The Morgan fingerprint density at radius 2 is 1.67 bits per heavy atom. The molecular weight excluding hydrogens is 269 g/mol. The summed E-state index contributed by atoms with van der Waals surface area (Å²) in [5.74, 6) is 0. The Morgan fingerprint density at radius 3 is 1.89 bits per heavy atom. The maximum absolute atomic E-state index is 5.25. The maximum atomic E-state index is 5.25. The zero-order valence-corrected chi connectivity index (χ0v) is 9.81. The molecule has 0 fully saturated rings. The van der Waals surface area contributed by atoms with Crippen molar-refractivity contribution in [3.05, 3.63) is 0 Å². The van der Waals surface area contributed by atoms with Crippen molar-refractivity contribution < 1.29 is 9.05 Å². The summed E-state index contributed by atoms with van der Waals surface area (Å²) in [6, 6.07) is 0. The van der Waals surface area contributed by atoms with E-state index in [1.165, 1.54) is 0 Å². The minimum absolute atomic E-state index is 0.688. The molecule has 9 heavy (non-hydrogen) atoms. The zero-order chi connectivity index (χ0) is 7.33. The second kappa shape index (κ2) is 5.09. The van der Waals surface area contributed by atoms with E-state index in [2.05, 4.69) is 30.7 Å². The van der Waals surface area contributed by atoms with Crippen molar-refractivity contribution >= 4 is 35.3 Å². The summed E-state index contributed by atoms with van der Waals surface area (Å²) in [4.78, 5) is 0. The molecule has 0 spiro atoms. The van der Waals surface area contributed by atoms with Crippen LogP contribution in [0.15, 0.2) is 0 Å². The molecule has 0 heterocycles. The predicted molar refractivity (Wildman–Crippen MR) is 41.7 cm³/mol. The first-order chi connectivity index (χ1) is 4.12. The molecule has 0 saturated heterocycles. The van der Waals surface area contributed by atoms with Crippen LogP contribution in [-0.2, 0) is 9.05 Å². The SMILES string of the molecule is CCOP(=[Se])([Se-])OCC. The van der Waals surface area contributed by atoms with Crippen LogP contribution in [0.25, 0.3) is 0 Å². The van der Waals surface area contributed by atoms with E-state index in [9.17, 15) is 0 Å². The summed E-state index contributed by atoms with van der Waals surface area (Å²) < 4.78 is 8.80. The van der Waals surface area contributed by atoms with Gasteiger partial charge in [0.1, 0.15) is 0 Å². The summed E-state index contributed by atoms with van der Waals surface area (Å²) in [7, 11) is 0. The molecule has 0 aliphatic rings. The fraction of sp³-hybridized carbons (Fsp3) is 1.00. The van der Waals surface area contributed by atoms with Crippen molar-refractivity contribution in [2.75, 3.05) is 13.2 Å². The van der Waals surface area contributed by atoms with Gasteiger partial charge in [0, 0.05) is 0 Å². The third-order valence-electron chi connectivity index (χ3n) is 0.574. The van der Waals surface area contributed by atoms with Crippen molar-refractivity contribution in [1.29, 1.82) is 0 Å². The summed E-state index contributed by atoms with van der Waals surface area (Å²) >= 11 is 5.73. The molecule has 0 saturated carbocycles. The number of hydrogen-bond acceptors (Lipinski definition) is 2. The van der Waals surface area contributed by atoms with E-state index >= 15 is 0 Å². The van der Waals surface area contributed by atoms with Gasteiger partial charge in [-0.3, -0.25) is 0 Å². The minimum atomic E-state index is -1.69. The van der Waals surface area contributed by atoms with Crippen molar-refractivity contribution in [3.63, 3.8) is 0 Å². The molecule has 0 aromatic heterocycles. The molecule has 0 bridgehead atoms. The first-order valence-electron chi connectivity index (χ1n) is 2.72. The Hall–Kier alpha value is 1.39. The van der Waals surface area contributed by atoms with E-state index in [1.54, 1.807) is 0 Å². The molecule has 0 unspecified atom stereocenters. The standard InChI is InChI=1S/C4H11O2PSe2/c1-3-5-7(8,9)6-4-2/h3-4H2,1-2H3,(H,8,9)/p-1. The van der Waals surface area contributed by atoms with Crippen molar-refractivity contribution in [3.8, 4) is 0 Å². The molecule has 0 aliphatic heterocycles. The van der Waals surface area contributed by atoms with Gasteiger partial charge in [0.05, 0.1) is 0 Å². The van der Waals surface area contributed by atoms with Gasteiger partial charge in [-0.05, 0) is 0 Å². The number of hydrogen-bond donors (Lipinski definition) is 0. The Balaban J connectivity index is 3.58. The van der Waals surface area contributed by atoms with E-state index < -0.39 is 4.65 Å². The first kappa shape index (κ1) is 10.4. The normalized spacial score (nSPS) is 11.9. The summed E-state index contributed by atoms with van der Waals surface area (Å²) in [5, 5.41) is 0. The van der Waals surface area contributed by atoms with E-state index in [0.29, 0.717) is 13.2 Å². The molecule has 56 valence electrons. The summed E-state index contributed by atoms with van der Waals surface area (Å²) in [5.41, 5.74) is 0. The van der Waals surface area contributed by atoms with E-state index in [1.807, 2.05) is 13.8 Å². The fourth-order valence-corrected chi connectivity index (χ4v) is 3.71. The molecular formula is C4H10O2PSe2-. The first-order valence-corrected chi connectivity index (χ1v) is 8.78. The zero-order valence-electron chi connectivity index (χ0n) is 5.49. The van der Waals surface area contributed by atoms with Gasteiger partial charge < -0.3 is 0 Å². The van der Waals surface area contributed by atoms with Crippen LogP contribution in [0, 0.1) is 0 Å². The Morgan fingerprint density at radius 1 is 1.33 bits per heavy atom. The van der Waals surface area contributed by atoms with E-state index in [0.717, 1.165) is 0 Å². The monoisotopic (exact) mass is 281 g/mol. The summed E-state index contributed by atoms with van der Waals surface area (Å²) in [6.07, 6.45) is 0. The molecule has 0 N–H and O–H groups in total. The number of rotatable bonds is 4. The molecule has 0 rings (SSSR count). The van der Waals surface area contributed by atoms with Crippen LogP contribution in [0.3, 0.4) is 0 Å². The average Bonchev–Trinajstić information content (AvgIpc) is 1.64. The van der Waals surface area contributed by atoms with Crippen LogP contribution < -0.4 is 0 Å². The third kappa shape index (κ3) is 5.81. The van der Waals surface area contributed by atoms with Crippen molar-refractivity contribution in [1.82, 2.24) is 0 Å². The molecule has 0 amide bonds. The van der Waals surface area contributed by atoms with Gasteiger partial charge in [-0.15, -0.1) is 0 Å². The summed E-state index contributed by atoms with van der Waals surface area (Å²) in [6.45, 7) is 5.27. The molecule has 0 radical (unpaired) electrons. The van der Waals surface area contributed by atoms with Gasteiger partial charge in [-0.2, -0.15) is 0 Å². The predicted octanol–water partition coefficient (Wildman–Crippen LogP) is 1.07. The molecule has 0 atom stereocenters. The second-order valence-electron chi connectivity index (χ2n) is 1.28. The molecule has 0 aliphatic carbocycles. The van der Waals surface area contributed by atoms with E-state index in [4.69, 9.17) is 9.05 Å². The Kier molecular flexibility index (Phi) is 5.88. The Bertz CT molecular complexity index is 107. The molecule has 0 aromatic carbocycles. The van der Waals surface area contributed by atoms with Gasteiger partial charge in [0.15, 0.2) is 0 Å². The van der Waals surface area contributed by atoms with Crippen LogP contribution in [0.1, 0.15) is 13.8 Å². The van der Waals surface area contributed by atoms with Gasteiger partial charge in [0.2, 0.25) is 0 Å².